The van der Waals surface area contributed by atoms with Crippen molar-refractivity contribution in [2.24, 2.45) is 0 Å². The topological polar surface area (TPSA) is 90.0 Å². The highest BCUT2D eigenvalue weighted by Crippen LogP contribution is 2.22. The molecule has 0 saturated carbocycles. The van der Waals surface area contributed by atoms with Crippen molar-refractivity contribution in [3.05, 3.63) is 88.3 Å². The lowest BCUT2D eigenvalue weighted by Crippen LogP contribution is -2.27. The molecule has 0 bridgehead atoms. The van der Waals surface area contributed by atoms with E-state index in [0.717, 1.165) is 28.8 Å². The van der Waals surface area contributed by atoms with Gasteiger partial charge in [-0.25, -0.2) is 0 Å². The number of hydrogen-bond acceptors (Lipinski definition) is 5. The Morgan fingerprint density at radius 2 is 1.90 bits per heavy atom. The van der Waals surface area contributed by atoms with E-state index in [0.29, 0.717) is 11.4 Å². The minimum Gasteiger partial charge on any atom is -0.334 e. The molecule has 0 radical (unpaired) electrons. The molecule has 4 aromatic rings. The van der Waals surface area contributed by atoms with E-state index >= 15 is 0 Å². The van der Waals surface area contributed by atoms with Gasteiger partial charge in [0.1, 0.15) is 6.54 Å². The number of para-hydroxylation sites is 1. The largest absolute Gasteiger partial charge is 0.334 e. The van der Waals surface area contributed by atoms with Crippen LogP contribution in [0, 0.1) is 6.92 Å². The number of hydrogen-bond donors (Lipinski definition) is 1. The maximum absolute atomic E-state index is 12.5. The summed E-state index contributed by atoms with van der Waals surface area (Å²) >= 11 is 0. The number of carbonyl (C=O) groups excluding carboxylic acids is 1. The Bertz CT molecular complexity index is 1290. The number of amides is 1. The van der Waals surface area contributed by atoms with Crippen LogP contribution in [0.1, 0.15) is 18.1 Å². The highest BCUT2D eigenvalue weighted by atomic mass is 16.5. The molecule has 0 aliphatic carbocycles. The summed E-state index contributed by atoms with van der Waals surface area (Å²) in [7, 11) is 0. The van der Waals surface area contributed by atoms with E-state index in [2.05, 4.69) is 15.5 Å². The van der Waals surface area contributed by atoms with E-state index < -0.39 is 0 Å². The highest BCUT2D eigenvalue weighted by molar-refractivity contribution is 5.91. The first kappa shape index (κ1) is 20.3. The minimum absolute atomic E-state index is 0.121. The Labute approximate surface area is 179 Å². The lowest BCUT2D eigenvalue weighted by molar-refractivity contribution is -0.116. The lowest BCUT2D eigenvalue weighted by Gasteiger charge is -2.11. The van der Waals surface area contributed by atoms with Gasteiger partial charge in [-0.15, -0.1) is 0 Å². The molecule has 7 nitrogen and oxygen atoms in total. The normalized spacial score (nSPS) is 10.8. The fraction of sp³-hybridized carbons (Fsp3) is 0.167. The summed E-state index contributed by atoms with van der Waals surface area (Å²) in [5, 5.41) is 6.92. The number of carbonyl (C=O) groups is 1. The lowest BCUT2D eigenvalue weighted by atomic mass is 10.1. The number of pyridine rings is 1. The third-order valence-corrected chi connectivity index (χ3v) is 4.92. The minimum atomic E-state index is -0.291. The summed E-state index contributed by atoms with van der Waals surface area (Å²) in [5.41, 5.74) is 3.99. The predicted octanol–water partition coefficient (Wildman–Crippen LogP) is 4.07. The summed E-state index contributed by atoms with van der Waals surface area (Å²) in [6.07, 6.45) is 2.35. The third kappa shape index (κ3) is 4.61. The van der Waals surface area contributed by atoms with Crippen LogP contribution in [0.4, 0.5) is 5.69 Å². The molecule has 1 N–H and O–H groups in total. The second kappa shape index (κ2) is 8.79. The molecule has 2 heterocycles. The van der Waals surface area contributed by atoms with Crippen LogP contribution < -0.4 is 10.9 Å². The summed E-state index contributed by atoms with van der Waals surface area (Å²) < 4.78 is 6.72. The highest BCUT2D eigenvalue weighted by Gasteiger charge is 2.13. The van der Waals surface area contributed by atoms with Gasteiger partial charge < -0.3 is 14.4 Å². The molecule has 7 heteroatoms. The maximum Gasteiger partial charge on any atom is 0.259 e. The molecule has 0 unspecified atom stereocenters. The number of aryl methyl sites for hydroxylation is 2. The molecule has 0 aliphatic rings. The first-order valence-corrected chi connectivity index (χ1v) is 10.0. The maximum atomic E-state index is 12.5. The van der Waals surface area contributed by atoms with Gasteiger partial charge >= 0.3 is 0 Å². The van der Waals surface area contributed by atoms with Crippen molar-refractivity contribution < 1.29 is 9.32 Å². The van der Waals surface area contributed by atoms with E-state index in [9.17, 15) is 9.59 Å². The number of benzene rings is 2. The Kier molecular flexibility index (Phi) is 5.75. The van der Waals surface area contributed by atoms with E-state index in [1.807, 2.05) is 62.4 Å². The molecule has 0 spiro atoms. The average Bonchev–Trinajstić information content (AvgIpc) is 3.26. The number of anilines is 1. The average molecular weight is 414 g/mol. The second-order valence-corrected chi connectivity index (χ2v) is 7.24. The van der Waals surface area contributed by atoms with Gasteiger partial charge in [0.2, 0.25) is 11.7 Å². The van der Waals surface area contributed by atoms with Crippen LogP contribution in [-0.2, 0) is 17.8 Å². The monoisotopic (exact) mass is 414 g/mol. The number of nitrogens with one attached hydrogen (secondary N) is 1. The van der Waals surface area contributed by atoms with Crippen molar-refractivity contribution in [2.45, 2.75) is 26.8 Å². The summed E-state index contributed by atoms with van der Waals surface area (Å²) in [5.74, 6) is 0.457. The van der Waals surface area contributed by atoms with E-state index in [1.54, 1.807) is 12.3 Å². The molecule has 2 aromatic carbocycles. The molecule has 0 fully saturated rings. The second-order valence-electron chi connectivity index (χ2n) is 7.24. The van der Waals surface area contributed by atoms with Crippen LogP contribution in [0.2, 0.25) is 0 Å². The number of aromatic nitrogens is 3. The van der Waals surface area contributed by atoms with E-state index in [1.165, 1.54) is 10.6 Å². The molecular formula is C24H22N4O3. The van der Waals surface area contributed by atoms with Gasteiger partial charge in [-0.1, -0.05) is 54.0 Å². The van der Waals surface area contributed by atoms with Crippen LogP contribution in [0.15, 0.2) is 76.2 Å². The molecular weight excluding hydrogens is 392 g/mol. The fourth-order valence-electron chi connectivity index (χ4n) is 3.32. The Morgan fingerprint density at radius 1 is 1.06 bits per heavy atom. The van der Waals surface area contributed by atoms with Crippen molar-refractivity contribution in [3.63, 3.8) is 0 Å². The van der Waals surface area contributed by atoms with Crippen molar-refractivity contribution in [1.29, 1.82) is 0 Å². The van der Waals surface area contributed by atoms with Crippen LogP contribution in [0.3, 0.4) is 0 Å². The first-order chi connectivity index (χ1) is 15.0. The number of rotatable bonds is 6. The van der Waals surface area contributed by atoms with Crippen LogP contribution in [0.5, 0.6) is 0 Å². The molecule has 1 amide bonds. The zero-order chi connectivity index (χ0) is 21.8. The van der Waals surface area contributed by atoms with Crippen molar-refractivity contribution in [2.75, 3.05) is 5.32 Å². The standard InChI is InChI=1S/C24H22N4O3/c1-3-17-8-4-5-10-20(17)25-21(29)15-28-14-19(11-12-22(28)30)24-26-23(27-31-24)18-9-6-7-16(2)13-18/h4-14H,3,15H2,1-2H3,(H,25,29). The summed E-state index contributed by atoms with van der Waals surface area (Å²) in [4.78, 5) is 29.3. The van der Waals surface area contributed by atoms with Crippen molar-refractivity contribution in [1.82, 2.24) is 14.7 Å². The van der Waals surface area contributed by atoms with Gasteiger partial charge in [0, 0.05) is 23.5 Å². The Hall–Kier alpha value is -4.00. The number of nitrogens with zero attached hydrogens (tertiary/aromatic N) is 3. The smallest absolute Gasteiger partial charge is 0.259 e. The summed E-state index contributed by atoms with van der Waals surface area (Å²) in [6.45, 7) is 3.89. The van der Waals surface area contributed by atoms with Gasteiger partial charge in [-0.3, -0.25) is 9.59 Å². The van der Waals surface area contributed by atoms with Crippen molar-refractivity contribution in [3.8, 4) is 22.8 Å². The Morgan fingerprint density at radius 3 is 2.71 bits per heavy atom. The first-order valence-electron chi connectivity index (χ1n) is 10.0. The van der Waals surface area contributed by atoms with Gasteiger partial charge in [0.05, 0.1) is 5.56 Å². The zero-order valence-electron chi connectivity index (χ0n) is 17.3. The quantitative estimate of drug-likeness (QED) is 0.514. The SMILES string of the molecule is CCc1ccccc1NC(=O)Cn1cc(-c2nc(-c3cccc(C)c3)no2)ccc1=O. The van der Waals surface area contributed by atoms with Gasteiger partial charge in [-0.2, -0.15) is 4.98 Å². The van der Waals surface area contributed by atoms with Crippen LogP contribution in [0.25, 0.3) is 22.8 Å². The third-order valence-electron chi connectivity index (χ3n) is 4.92. The molecule has 2 aromatic heterocycles. The molecule has 0 saturated heterocycles. The van der Waals surface area contributed by atoms with E-state index in [4.69, 9.17) is 4.52 Å². The predicted molar refractivity (Wildman–Crippen MR) is 119 cm³/mol. The van der Waals surface area contributed by atoms with Gasteiger partial charge in [0.25, 0.3) is 11.4 Å². The molecule has 0 atom stereocenters. The molecule has 156 valence electrons. The fourth-order valence-corrected chi connectivity index (χ4v) is 3.32. The molecule has 0 aliphatic heterocycles. The van der Waals surface area contributed by atoms with Gasteiger partial charge in [0.15, 0.2) is 0 Å². The molecule has 31 heavy (non-hydrogen) atoms. The summed E-state index contributed by atoms with van der Waals surface area (Å²) in [6, 6.07) is 18.4. The van der Waals surface area contributed by atoms with E-state index in [-0.39, 0.29) is 23.9 Å². The van der Waals surface area contributed by atoms with Crippen LogP contribution in [-0.4, -0.2) is 20.6 Å². The van der Waals surface area contributed by atoms with Crippen LogP contribution >= 0.6 is 0 Å². The molecule has 4 rings (SSSR count). The zero-order valence-corrected chi connectivity index (χ0v) is 17.3. The van der Waals surface area contributed by atoms with Crippen molar-refractivity contribution >= 4 is 11.6 Å². The van der Waals surface area contributed by atoms with Gasteiger partial charge in [-0.05, 0) is 37.1 Å². The Balaban J connectivity index is 1.55.